The zero-order chi connectivity index (χ0) is 22.8. The highest BCUT2D eigenvalue weighted by Crippen LogP contribution is 2.14. The van der Waals surface area contributed by atoms with Crippen LogP contribution >= 0.6 is 12.2 Å². The van der Waals surface area contributed by atoms with E-state index in [1.54, 1.807) is 42.5 Å². The van der Waals surface area contributed by atoms with Crippen LogP contribution in [0.25, 0.3) is 0 Å². The first-order valence-corrected chi connectivity index (χ1v) is 10.5. The van der Waals surface area contributed by atoms with Crippen molar-refractivity contribution in [3.8, 4) is 0 Å². The number of hydrogen-bond acceptors (Lipinski definition) is 5. The van der Waals surface area contributed by atoms with E-state index in [4.69, 9.17) is 12.2 Å². The van der Waals surface area contributed by atoms with Gasteiger partial charge >= 0.3 is 5.97 Å². The van der Waals surface area contributed by atoms with Crippen molar-refractivity contribution in [3.05, 3.63) is 65.2 Å². The Hall–Kier alpha value is -3.26. The lowest BCUT2D eigenvalue weighted by Crippen LogP contribution is -2.34. The molecule has 2 aromatic carbocycles. The number of anilines is 1. The Morgan fingerprint density at radius 2 is 1.55 bits per heavy atom. The van der Waals surface area contributed by atoms with Gasteiger partial charge < -0.3 is 15.0 Å². The van der Waals surface area contributed by atoms with Gasteiger partial charge in [-0.05, 0) is 61.5 Å². The number of ether oxygens (including phenoxy) is 1. The summed E-state index contributed by atoms with van der Waals surface area (Å²) in [7, 11) is 1.27. The molecule has 31 heavy (non-hydrogen) atoms. The summed E-state index contributed by atoms with van der Waals surface area (Å²) in [6, 6.07) is 13.1. The molecule has 0 aliphatic rings. The van der Waals surface area contributed by atoms with Gasteiger partial charge in [0.1, 0.15) is 0 Å². The number of benzene rings is 2. The van der Waals surface area contributed by atoms with Gasteiger partial charge in [0.05, 0.1) is 12.7 Å². The van der Waals surface area contributed by atoms with Gasteiger partial charge in [-0.2, -0.15) is 0 Å². The number of thiocarbonyl (C=S) groups is 1. The van der Waals surface area contributed by atoms with Crippen LogP contribution in [0.3, 0.4) is 0 Å². The molecular weight excluding hydrogens is 414 g/mol. The van der Waals surface area contributed by atoms with Gasteiger partial charge in [-0.15, -0.1) is 0 Å². The van der Waals surface area contributed by atoms with E-state index in [0.717, 1.165) is 12.8 Å². The van der Waals surface area contributed by atoms with Crippen LogP contribution in [0, 0.1) is 0 Å². The Bertz CT molecular complexity index is 955. The number of amides is 2. The molecule has 0 radical (unpaired) electrons. The second-order valence-corrected chi connectivity index (χ2v) is 7.26. The molecule has 2 amide bonds. The minimum atomic E-state index is -0.531. The number of rotatable bonds is 8. The number of esters is 1. The average Bonchev–Trinajstić information content (AvgIpc) is 2.78. The maximum absolute atomic E-state index is 12.8. The van der Waals surface area contributed by atoms with Crippen molar-refractivity contribution >= 4 is 40.8 Å². The number of nitrogens with one attached hydrogen (secondary N) is 2. The average molecular weight is 442 g/mol. The molecule has 164 valence electrons. The standard InChI is InChI=1S/C23H27N3O4S/c1-4-12-26(13-5-2)21(28)17-9-7-11-19(15-17)24-23(31)25-20(27)16-8-6-10-18(14-16)22(29)30-3/h6-11,14-15H,4-5,12-13H2,1-3H3,(H2,24,25,27,31). The summed E-state index contributed by atoms with van der Waals surface area (Å²) in [5.74, 6) is -1.04. The van der Waals surface area contributed by atoms with Crippen LogP contribution in [-0.2, 0) is 4.74 Å². The summed E-state index contributed by atoms with van der Waals surface area (Å²) in [6.07, 6.45) is 1.77. The van der Waals surface area contributed by atoms with Crippen molar-refractivity contribution < 1.29 is 19.1 Å². The molecule has 0 unspecified atom stereocenters. The number of carbonyl (C=O) groups is 3. The molecule has 0 aromatic heterocycles. The lowest BCUT2D eigenvalue weighted by atomic mass is 10.1. The fraction of sp³-hybridized carbons (Fsp3) is 0.304. The van der Waals surface area contributed by atoms with E-state index in [2.05, 4.69) is 15.4 Å². The Balaban J connectivity index is 2.06. The van der Waals surface area contributed by atoms with E-state index in [1.165, 1.54) is 13.2 Å². The number of carbonyl (C=O) groups excluding carboxylic acids is 3. The van der Waals surface area contributed by atoms with Crippen LogP contribution in [-0.4, -0.2) is 48.0 Å². The third-order valence-electron chi connectivity index (χ3n) is 4.41. The molecular formula is C23H27N3O4S. The molecule has 2 aromatic rings. The summed E-state index contributed by atoms with van der Waals surface area (Å²) in [5.41, 5.74) is 1.67. The molecule has 0 atom stereocenters. The molecule has 0 saturated carbocycles. The topological polar surface area (TPSA) is 87.7 Å². The van der Waals surface area contributed by atoms with Gasteiger partial charge in [-0.3, -0.25) is 14.9 Å². The first-order valence-electron chi connectivity index (χ1n) is 10.1. The van der Waals surface area contributed by atoms with Crippen molar-refractivity contribution in [2.45, 2.75) is 26.7 Å². The van der Waals surface area contributed by atoms with Gasteiger partial charge in [0, 0.05) is 29.9 Å². The van der Waals surface area contributed by atoms with E-state index in [-0.39, 0.29) is 22.1 Å². The SMILES string of the molecule is CCCN(CCC)C(=O)c1cccc(NC(=S)NC(=O)c2cccc(C(=O)OC)c2)c1. The zero-order valence-electron chi connectivity index (χ0n) is 17.9. The molecule has 0 heterocycles. The Labute approximate surface area is 187 Å². The van der Waals surface area contributed by atoms with E-state index >= 15 is 0 Å². The predicted octanol–water partition coefficient (Wildman–Crippen LogP) is 3.86. The van der Waals surface area contributed by atoms with Crippen LogP contribution in [0.15, 0.2) is 48.5 Å². The summed E-state index contributed by atoms with van der Waals surface area (Å²) < 4.78 is 4.67. The van der Waals surface area contributed by atoms with Crippen LogP contribution in [0.5, 0.6) is 0 Å². The lowest BCUT2D eigenvalue weighted by Gasteiger charge is -2.21. The van der Waals surface area contributed by atoms with E-state index in [9.17, 15) is 14.4 Å². The predicted molar refractivity (Wildman–Crippen MR) is 124 cm³/mol. The minimum Gasteiger partial charge on any atom is -0.465 e. The normalized spacial score (nSPS) is 10.2. The van der Waals surface area contributed by atoms with E-state index < -0.39 is 11.9 Å². The lowest BCUT2D eigenvalue weighted by molar-refractivity contribution is 0.0600. The fourth-order valence-electron chi connectivity index (χ4n) is 3.01. The van der Waals surface area contributed by atoms with Gasteiger partial charge in [0.15, 0.2) is 5.11 Å². The van der Waals surface area contributed by atoms with Crippen molar-refractivity contribution in [3.63, 3.8) is 0 Å². The first-order chi connectivity index (χ1) is 14.9. The van der Waals surface area contributed by atoms with Gasteiger partial charge in [0.2, 0.25) is 0 Å². The quantitative estimate of drug-likeness (QED) is 0.478. The third-order valence-corrected chi connectivity index (χ3v) is 4.62. The Kier molecular flexibility index (Phi) is 9.14. The maximum Gasteiger partial charge on any atom is 0.337 e. The molecule has 0 spiro atoms. The summed E-state index contributed by atoms with van der Waals surface area (Å²) >= 11 is 5.23. The fourth-order valence-corrected chi connectivity index (χ4v) is 3.22. The third kappa shape index (κ3) is 6.89. The molecule has 7 nitrogen and oxygen atoms in total. The summed E-state index contributed by atoms with van der Waals surface area (Å²) in [5, 5.41) is 5.58. The number of methoxy groups -OCH3 is 1. The van der Waals surface area contributed by atoms with Crippen LogP contribution in [0.1, 0.15) is 57.8 Å². The summed E-state index contributed by atoms with van der Waals surface area (Å²) in [4.78, 5) is 38.7. The van der Waals surface area contributed by atoms with Crippen LogP contribution < -0.4 is 10.6 Å². The highest BCUT2D eigenvalue weighted by Gasteiger charge is 2.15. The molecule has 2 N–H and O–H groups in total. The number of hydrogen-bond donors (Lipinski definition) is 2. The molecule has 8 heteroatoms. The molecule has 2 rings (SSSR count). The second-order valence-electron chi connectivity index (χ2n) is 6.85. The minimum absolute atomic E-state index is 0.0399. The monoisotopic (exact) mass is 441 g/mol. The Morgan fingerprint density at radius 3 is 2.19 bits per heavy atom. The molecule has 0 aliphatic carbocycles. The van der Waals surface area contributed by atoms with Crippen molar-refractivity contribution in [2.24, 2.45) is 0 Å². The highest BCUT2D eigenvalue weighted by atomic mass is 32.1. The molecule has 0 aliphatic heterocycles. The highest BCUT2D eigenvalue weighted by molar-refractivity contribution is 7.80. The van der Waals surface area contributed by atoms with E-state index in [1.807, 2.05) is 18.7 Å². The van der Waals surface area contributed by atoms with Crippen molar-refractivity contribution in [2.75, 3.05) is 25.5 Å². The van der Waals surface area contributed by atoms with Crippen molar-refractivity contribution in [1.82, 2.24) is 10.2 Å². The number of nitrogens with zero attached hydrogens (tertiary/aromatic N) is 1. The molecule has 0 fully saturated rings. The van der Waals surface area contributed by atoms with E-state index in [0.29, 0.717) is 24.3 Å². The van der Waals surface area contributed by atoms with Crippen LogP contribution in [0.2, 0.25) is 0 Å². The summed E-state index contributed by atoms with van der Waals surface area (Å²) in [6.45, 7) is 5.47. The second kappa shape index (κ2) is 11.8. The molecule has 0 bridgehead atoms. The first kappa shape index (κ1) is 24.0. The van der Waals surface area contributed by atoms with Crippen molar-refractivity contribution in [1.29, 1.82) is 0 Å². The smallest absolute Gasteiger partial charge is 0.337 e. The van der Waals surface area contributed by atoms with Gasteiger partial charge in [-0.25, -0.2) is 4.79 Å². The van der Waals surface area contributed by atoms with Gasteiger partial charge in [0.25, 0.3) is 11.8 Å². The zero-order valence-corrected chi connectivity index (χ0v) is 18.8. The maximum atomic E-state index is 12.8. The molecule has 0 saturated heterocycles. The van der Waals surface area contributed by atoms with Crippen LogP contribution in [0.4, 0.5) is 5.69 Å². The largest absolute Gasteiger partial charge is 0.465 e. The van der Waals surface area contributed by atoms with Gasteiger partial charge in [-0.1, -0.05) is 26.0 Å². The Morgan fingerprint density at radius 1 is 0.935 bits per heavy atom.